The fourth-order valence-corrected chi connectivity index (χ4v) is 2.46. The second-order valence-corrected chi connectivity index (χ2v) is 5.25. The van der Waals surface area contributed by atoms with Crippen molar-refractivity contribution in [1.82, 2.24) is 10.2 Å². The quantitative estimate of drug-likeness (QED) is 0.683. The Labute approximate surface area is 105 Å². The number of carbonyl (C=O) groups excluding carboxylic acids is 1. The fourth-order valence-electron chi connectivity index (χ4n) is 2.46. The maximum absolute atomic E-state index is 11.5. The number of nitrogens with zero attached hydrogens (tertiary/aromatic N) is 1. The van der Waals surface area contributed by atoms with Crippen LogP contribution < -0.4 is 5.32 Å². The molecule has 0 radical (unpaired) electrons. The smallest absolute Gasteiger partial charge is 0.320 e. The molecule has 1 aliphatic heterocycles. The summed E-state index contributed by atoms with van der Waals surface area (Å²) in [5.41, 5.74) is 0.307. The molecule has 1 rings (SSSR count). The van der Waals surface area contributed by atoms with Crippen LogP contribution in [0.25, 0.3) is 0 Å². The highest BCUT2D eigenvalue weighted by Gasteiger charge is 2.31. The van der Waals surface area contributed by atoms with Crippen molar-refractivity contribution in [3.63, 3.8) is 0 Å². The Hall–Kier alpha value is -0.610. The topological polar surface area (TPSA) is 41.6 Å². The lowest BCUT2D eigenvalue weighted by Gasteiger charge is -2.31. The Bertz CT molecular complexity index is 238. The van der Waals surface area contributed by atoms with Crippen molar-refractivity contribution in [2.45, 2.75) is 33.6 Å². The van der Waals surface area contributed by atoms with Gasteiger partial charge in [0.2, 0.25) is 0 Å². The van der Waals surface area contributed by atoms with E-state index in [2.05, 4.69) is 24.1 Å². The molecule has 0 aromatic rings. The Morgan fingerprint density at radius 1 is 1.47 bits per heavy atom. The second-order valence-electron chi connectivity index (χ2n) is 5.25. The zero-order valence-electron chi connectivity index (χ0n) is 11.4. The standard InChI is InChI=1S/C13H26N2O2/c1-4-8-15(9-12(16)17-5-2)11-13(3)6-7-14-10-13/h14H,4-11H2,1-3H3. The van der Waals surface area contributed by atoms with E-state index in [-0.39, 0.29) is 5.97 Å². The fraction of sp³-hybridized carbons (Fsp3) is 0.923. The van der Waals surface area contributed by atoms with E-state index >= 15 is 0 Å². The van der Waals surface area contributed by atoms with Crippen molar-refractivity contribution in [1.29, 1.82) is 0 Å². The summed E-state index contributed by atoms with van der Waals surface area (Å²) in [6, 6.07) is 0. The Kier molecular flexibility index (Phi) is 5.92. The molecule has 4 nitrogen and oxygen atoms in total. The highest BCUT2D eigenvalue weighted by molar-refractivity contribution is 5.71. The van der Waals surface area contributed by atoms with E-state index in [1.54, 1.807) is 0 Å². The lowest BCUT2D eigenvalue weighted by molar-refractivity contribution is -0.144. The van der Waals surface area contributed by atoms with Crippen molar-refractivity contribution in [3.05, 3.63) is 0 Å². The second kappa shape index (κ2) is 6.97. The summed E-state index contributed by atoms with van der Waals surface area (Å²) in [5, 5.41) is 3.40. The van der Waals surface area contributed by atoms with Gasteiger partial charge in [0, 0.05) is 13.1 Å². The summed E-state index contributed by atoms with van der Waals surface area (Å²) in [7, 11) is 0. The molecule has 0 aromatic heterocycles. The van der Waals surface area contributed by atoms with E-state index in [9.17, 15) is 4.79 Å². The van der Waals surface area contributed by atoms with Crippen LogP contribution >= 0.6 is 0 Å². The van der Waals surface area contributed by atoms with Gasteiger partial charge in [-0.1, -0.05) is 13.8 Å². The molecule has 17 heavy (non-hydrogen) atoms. The monoisotopic (exact) mass is 242 g/mol. The van der Waals surface area contributed by atoms with Gasteiger partial charge in [-0.15, -0.1) is 0 Å². The minimum atomic E-state index is -0.101. The lowest BCUT2D eigenvalue weighted by Crippen LogP contribution is -2.41. The zero-order chi connectivity index (χ0) is 12.7. The van der Waals surface area contributed by atoms with Crippen LogP contribution in [0.2, 0.25) is 0 Å². The average Bonchev–Trinajstić information content (AvgIpc) is 2.65. The van der Waals surface area contributed by atoms with Crippen molar-refractivity contribution in [3.8, 4) is 0 Å². The van der Waals surface area contributed by atoms with Crippen LogP contribution in [0.4, 0.5) is 0 Å². The summed E-state index contributed by atoms with van der Waals surface area (Å²) in [6.07, 6.45) is 2.26. The van der Waals surface area contributed by atoms with Crippen LogP contribution in [0.5, 0.6) is 0 Å². The van der Waals surface area contributed by atoms with Gasteiger partial charge in [-0.25, -0.2) is 0 Å². The Balaban J connectivity index is 2.44. The predicted octanol–water partition coefficient (Wildman–Crippen LogP) is 1.26. The van der Waals surface area contributed by atoms with Gasteiger partial charge in [-0.3, -0.25) is 9.69 Å². The summed E-state index contributed by atoms with van der Waals surface area (Å²) >= 11 is 0. The number of hydrogen-bond acceptors (Lipinski definition) is 4. The predicted molar refractivity (Wildman–Crippen MR) is 69.0 cm³/mol. The number of hydrogen-bond donors (Lipinski definition) is 1. The molecule has 1 saturated heterocycles. The number of nitrogens with one attached hydrogen (secondary N) is 1. The van der Waals surface area contributed by atoms with Crippen molar-refractivity contribution >= 4 is 5.97 Å². The molecular weight excluding hydrogens is 216 g/mol. The third-order valence-corrected chi connectivity index (χ3v) is 3.26. The van der Waals surface area contributed by atoms with Gasteiger partial charge in [0.1, 0.15) is 0 Å². The summed E-state index contributed by atoms with van der Waals surface area (Å²) in [5.74, 6) is -0.101. The van der Waals surface area contributed by atoms with Crippen LogP contribution in [-0.2, 0) is 9.53 Å². The maximum atomic E-state index is 11.5. The highest BCUT2D eigenvalue weighted by atomic mass is 16.5. The molecule has 1 atom stereocenters. The first-order chi connectivity index (χ1) is 8.09. The van der Waals surface area contributed by atoms with Crippen molar-refractivity contribution in [2.24, 2.45) is 5.41 Å². The molecule has 1 unspecified atom stereocenters. The summed E-state index contributed by atoms with van der Waals surface area (Å²) < 4.78 is 5.02. The number of esters is 1. The molecule has 1 heterocycles. The Morgan fingerprint density at radius 2 is 2.24 bits per heavy atom. The van der Waals surface area contributed by atoms with Crippen LogP contribution in [0.3, 0.4) is 0 Å². The molecule has 1 aliphatic rings. The van der Waals surface area contributed by atoms with Crippen molar-refractivity contribution in [2.75, 3.05) is 39.3 Å². The first-order valence-corrected chi connectivity index (χ1v) is 6.68. The van der Waals surface area contributed by atoms with E-state index in [0.29, 0.717) is 18.6 Å². The van der Waals surface area contributed by atoms with E-state index < -0.39 is 0 Å². The molecule has 0 bridgehead atoms. The SMILES string of the molecule is CCCN(CC(=O)OCC)CC1(C)CCNC1. The van der Waals surface area contributed by atoms with Crippen LogP contribution in [0, 0.1) is 5.41 Å². The van der Waals surface area contributed by atoms with Gasteiger partial charge in [0.15, 0.2) is 0 Å². The molecular formula is C13H26N2O2. The number of ether oxygens (including phenoxy) is 1. The van der Waals surface area contributed by atoms with E-state index in [1.807, 2.05) is 6.92 Å². The van der Waals surface area contributed by atoms with Gasteiger partial charge >= 0.3 is 5.97 Å². The van der Waals surface area contributed by atoms with Crippen molar-refractivity contribution < 1.29 is 9.53 Å². The molecule has 0 spiro atoms. The zero-order valence-corrected chi connectivity index (χ0v) is 11.4. The average molecular weight is 242 g/mol. The molecule has 100 valence electrons. The molecule has 0 saturated carbocycles. The molecule has 1 fully saturated rings. The summed E-state index contributed by atoms with van der Waals surface area (Å²) in [4.78, 5) is 13.8. The van der Waals surface area contributed by atoms with E-state index in [4.69, 9.17) is 4.74 Å². The van der Waals surface area contributed by atoms with Gasteiger partial charge in [0.25, 0.3) is 0 Å². The maximum Gasteiger partial charge on any atom is 0.320 e. The minimum Gasteiger partial charge on any atom is -0.465 e. The highest BCUT2D eigenvalue weighted by Crippen LogP contribution is 2.25. The largest absolute Gasteiger partial charge is 0.465 e. The van der Waals surface area contributed by atoms with E-state index in [1.165, 1.54) is 6.42 Å². The van der Waals surface area contributed by atoms with Gasteiger partial charge in [-0.2, -0.15) is 0 Å². The van der Waals surface area contributed by atoms with Crippen LogP contribution in [-0.4, -0.2) is 50.2 Å². The third kappa shape index (κ3) is 5.04. The first-order valence-electron chi connectivity index (χ1n) is 6.68. The lowest BCUT2D eigenvalue weighted by atomic mass is 9.89. The third-order valence-electron chi connectivity index (χ3n) is 3.26. The van der Waals surface area contributed by atoms with Crippen LogP contribution in [0.1, 0.15) is 33.6 Å². The molecule has 0 amide bonds. The Morgan fingerprint density at radius 3 is 2.76 bits per heavy atom. The summed E-state index contributed by atoms with van der Waals surface area (Å²) in [6.45, 7) is 11.3. The molecule has 0 aliphatic carbocycles. The number of rotatable bonds is 7. The van der Waals surface area contributed by atoms with Crippen LogP contribution in [0.15, 0.2) is 0 Å². The van der Waals surface area contributed by atoms with Gasteiger partial charge in [-0.05, 0) is 38.3 Å². The van der Waals surface area contributed by atoms with Gasteiger partial charge in [0.05, 0.1) is 13.2 Å². The molecule has 0 aromatic carbocycles. The first kappa shape index (κ1) is 14.5. The van der Waals surface area contributed by atoms with E-state index in [0.717, 1.165) is 32.6 Å². The number of carbonyl (C=O) groups is 1. The molecule has 1 N–H and O–H groups in total. The minimum absolute atomic E-state index is 0.101. The van der Waals surface area contributed by atoms with Gasteiger partial charge < -0.3 is 10.1 Å². The molecule has 4 heteroatoms. The normalized spacial score (nSPS) is 24.2.